The van der Waals surface area contributed by atoms with Crippen LogP contribution in [0.4, 0.5) is 4.79 Å². The van der Waals surface area contributed by atoms with Gasteiger partial charge in [0, 0.05) is 12.3 Å². The van der Waals surface area contributed by atoms with Gasteiger partial charge < -0.3 is 38.0 Å². The Morgan fingerprint density at radius 3 is 2.23 bits per heavy atom. The van der Waals surface area contributed by atoms with Gasteiger partial charge in [0.2, 0.25) is 0 Å². The van der Waals surface area contributed by atoms with Crippen molar-refractivity contribution in [2.45, 2.75) is 199 Å². The van der Waals surface area contributed by atoms with Crippen molar-refractivity contribution in [3.8, 4) is 0 Å². The molecule has 4 heterocycles. The van der Waals surface area contributed by atoms with Gasteiger partial charge in [-0.1, -0.05) is 69.2 Å². The van der Waals surface area contributed by atoms with Gasteiger partial charge in [0.15, 0.2) is 32.6 Å². The Hall–Kier alpha value is -0.753. The van der Waals surface area contributed by atoms with Crippen molar-refractivity contribution >= 4 is 14.5 Å². The number of carbonyl (C=O) groups is 1. The third-order valence-electron chi connectivity index (χ3n) is 17.5. The molecule has 0 aromatic rings. The highest BCUT2D eigenvalue weighted by molar-refractivity contribution is 6.77. The third kappa shape index (κ3) is 6.06. The first-order valence-corrected chi connectivity index (χ1v) is 24.0. The molecule has 0 bridgehead atoms. The van der Waals surface area contributed by atoms with Crippen LogP contribution in [0.15, 0.2) is 0 Å². The summed E-state index contributed by atoms with van der Waals surface area (Å²) in [4.78, 5) is 12.4. The van der Waals surface area contributed by atoms with Crippen LogP contribution in [-0.4, -0.2) is 81.5 Å². The zero-order chi connectivity index (χ0) is 37.8. The van der Waals surface area contributed by atoms with Crippen LogP contribution in [0.2, 0.25) is 16.6 Å². The quantitative estimate of drug-likeness (QED) is 0.148. The van der Waals surface area contributed by atoms with E-state index < -0.39 is 45.2 Å². The van der Waals surface area contributed by atoms with Crippen molar-refractivity contribution in [1.29, 1.82) is 0 Å². The van der Waals surface area contributed by atoms with Crippen LogP contribution in [0.25, 0.3) is 0 Å². The fourth-order valence-electron chi connectivity index (χ4n) is 14.9. The lowest BCUT2D eigenvalue weighted by molar-refractivity contribution is -0.300. The van der Waals surface area contributed by atoms with Crippen LogP contribution in [0, 0.1) is 52.3 Å². The molecule has 9 nitrogen and oxygen atoms in total. The molecule has 8 fully saturated rings. The van der Waals surface area contributed by atoms with Gasteiger partial charge in [0.1, 0.15) is 12.2 Å². The van der Waals surface area contributed by atoms with E-state index in [1.54, 1.807) is 0 Å². The van der Waals surface area contributed by atoms with E-state index in [2.05, 4.69) is 69.2 Å². The molecule has 53 heavy (non-hydrogen) atoms. The van der Waals surface area contributed by atoms with E-state index in [9.17, 15) is 9.90 Å². The molecule has 8 aliphatic rings. The molecular formula is C43H72O9Si. The van der Waals surface area contributed by atoms with E-state index in [0.717, 1.165) is 50.0 Å². The molecule has 0 amide bonds. The summed E-state index contributed by atoms with van der Waals surface area (Å²) in [6.07, 6.45) is 7.09. The van der Waals surface area contributed by atoms with Crippen molar-refractivity contribution in [2.75, 3.05) is 13.2 Å². The lowest BCUT2D eigenvalue weighted by atomic mass is 9.44. The Bertz CT molecular complexity index is 1330. The molecule has 8 rings (SSSR count). The first kappa shape index (κ1) is 39.1. The summed E-state index contributed by atoms with van der Waals surface area (Å²) in [6.45, 7) is 24.7. The van der Waals surface area contributed by atoms with Crippen molar-refractivity contribution in [2.24, 2.45) is 52.3 Å². The zero-order valence-electron chi connectivity index (χ0n) is 34.5. The maximum Gasteiger partial charge on any atom is 0.509 e. The standard InChI is InChI=1S/C43H72O9Si/c1-23(2)53(24(3)4,25(5)6)47-22-34-37-38(51-40(45)50-37)36(44)39(49-34)48-29-14-16-41(9)28(19-29)11-12-30-31(41)15-17-42(10)32(30)20-33-35(42)27(8)43(52-33)18-13-26(7)21-46-43/h23-39,44H,11-22H2,1-10H3/t26-,27+,28+,29+,30-,31+,32+,33+,34-,35+,36-,37+,38-,39-,41+,42+,43-/m1/s1. The van der Waals surface area contributed by atoms with Crippen LogP contribution in [0.5, 0.6) is 0 Å². The van der Waals surface area contributed by atoms with Gasteiger partial charge in [-0.2, -0.15) is 0 Å². The maximum absolute atomic E-state index is 12.4. The molecular weight excluding hydrogens is 689 g/mol. The average molecular weight is 761 g/mol. The first-order chi connectivity index (χ1) is 25.0. The van der Waals surface area contributed by atoms with Gasteiger partial charge in [0.05, 0.1) is 25.4 Å². The van der Waals surface area contributed by atoms with Gasteiger partial charge in [-0.15, -0.1) is 0 Å². The molecule has 10 heteroatoms. The van der Waals surface area contributed by atoms with Gasteiger partial charge in [-0.25, -0.2) is 4.79 Å². The van der Waals surface area contributed by atoms with Gasteiger partial charge in [0.25, 0.3) is 0 Å². The molecule has 1 N–H and O–H groups in total. The molecule has 4 aliphatic heterocycles. The first-order valence-electron chi connectivity index (χ1n) is 21.9. The monoisotopic (exact) mass is 760 g/mol. The SMILES string of the molecule is CC(C)[Si](OC[C@H]1O[C@@H](O[C@H]2CC[C@@]3(C)[C@@H](CC[C@@H]4[C@@H]3CC[C@]3(C)[C@@H]5[C@H](C[C@@H]43)O[C@]3(CC[C@@H](C)CO3)[C@H]5C)C2)[C@H](O)[C@H]2OC(=O)O[C@H]21)(C(C)C)C(C)C. The Labute approximate surface area is 320 Å². The Morgan fingerprint density at radius 2 is 1.55 bits per heavy atom. The number of aliphatic hydroxyl groups is 1. The smallest absolute Gasteiger partial charge is 0.424 e. The summed E-state index contributed by atoms with van der Waals surface area (Å²) in [5.41, 5.74) is 1.84. The molecule has 4 aliphatic carbocycles. The number of hydrogen-bond acceptors (Lipinski definition) is 9. The van der Waals surface area contributed by atoms with Crippen LogP contribution in [0.1, 0.15) is 133 Å². The Kier molecular flexibility index (Phi) is 10.3. The zero-order valence-corrected chi connectivity index (χ0v) is 35.5. The molecule has 0 unspecified atom stereocenters. The Morgan fingerprint density at radius 1 is 0.849 bits per heavy atom. The average Bonchev–Trinajstić information content (AvgIpc) is 3.72. The van der Waals surface area contributed by atoms with Crippen LogP contribution in [0.3, 0.4) is 0 Å². The minimum Gasteiger partial charge on any atom is -0.424 e. The predicted molar refractivity (Wildman–Crippen MR) is 203 cm³/mol. The summed E-state index contributed by atoms with van der Waals surface area (Å²) in [5.74, 6) is 4.12. The molecule has 0 aromatic carbocycles. The number of ether oxygens (including phenoxy) is 6. The second-order valence-corrected chi connectivity index (χ2v) is 26.2. The van der Waals surface area contributed by atoms with E-state index in [-0.39, 0.29) is 11.9 Å². The highest BCUT2D eigenvalue weighted by atomic mass is 28.4. The number of fused-ring (bicyclic) bond motifs is 8. The lowest BCUT2D eigenvalue weighted by Crippen LogP contribution is -2.60. The minimum atomic E-state index is -2.21. The maximum atomic E-state index is 12.4. The third-order valence-corrected chi connectivity index (χ3v) is 23.6. The normalized spacial score (nSPS) is 50.8. The van der Waals surface area contributed by atoms with E-state index in [1.165, 1.54) is 38.5 Å². The lowest BCUT2D eigenvalue weighted by Gasteiger charge is -2.61. The molecule has 1 spiro atoms. The van der Waals surface area contributed by atoms with E-state index >= 15 is 0 Å². The van der Waals surface area contributed by atoms with E-state index in [1.807, 2.05) is 0 Å². The summed E-state index contributed by atoms with van der Waals surface area (Å²) in [5, 5.41) is 11.5. The van der Waals surface area contributed by atoms with E-state index in [4.69, 9.17) is 32.8 Å². The number of hydrogen-bond donors (Lipinski definition) is 1. The highest BCUT2D eigenvalue weighted by Crippen LogP contribution is 2.71. The molecule has 302 valence electrons. The van der Waals surface area contributed by atoms with E-state index in [0.29, 0.717) is 63.8 Å². The molecule has 4 saturated heterocycles. The summed E-state index contributed by atoms with van der Waals surface area (Å²) in [6, 6.07) is 0. The Balaban J connectivity index is 0.927. The fraction of sp³-hybridized carbons (Fsp3) is 0.977. The number of rotatable bonds is 8. The number of carbonyl (C=O) groups excluding carboxylic acids is 1. The largest absolute Gasteiger partial charge is 0.509 e. The number of aliphatic hydroxyl groups excluding tert-OH is 1. The fourth-order valence-corrected chi connectivity index (χ4v) is 20.4. The van der Waals surface area contributed by atoms with Gasteiger partial charge >= 0.3 is 6.16 Å². The molecule has 0 aromatic heterocycles. The van der Waals surface area contributed by atoms with Crippen molar-refractivity contribution < 1.29 is 42.7 Å². The molecule has 17 atom stereocenters. The highest BCUT2D eigenvalue weighted by Gasteiger charge is 2.69. The minimum absolute atomic E-state index is 0.0146. The van der Waals surface area contributed by atoms with Crippen molar-refractivity contribution in [1.82, 2.24) is 0 Å². The van der Waals surface area contributed by atoms with Crippen LogP contribution < -0.4 is 0 Å². The van der Waals surface area contributed by atoms with Gasteiger partial charge in [-0.3, -0.25) is 0 Å². The molecule has 0 radical (unpaired) electrons. The summed E-state index contributed by atoms with van der Waals surface area (Å²) >= 11 is 0. The molecule has 4 saturated carbocycles. The second kappa shape index (κ2) is 14.0. The topological polar surface area (TPSA) is 102 Å². The van der Waals surface area contributed by atoms with Crippen LogP contribution in [-0.2, 0) is 32.8 Å². The van der Waals surface area contributed by atoms with Crippen LogP contribution >= 0.6 is 0 Å². The summed E-state index contributed by atoms with van der Waals surface area (Å²) < 4.78 is 44.9. The van der Waals surface area contributed by atoms with Crippen molar-refractivity contribution in [3.05, 3.63) is 0 Å². The second-order valence-electron chi connectivity index (χ2n) is 20.8. The van der Waals surface area contributed by atoms with Crippen molar-refractivity contribution in [3.63, 3.8) is 0 Å². The summed E-state index contributed by atoms with van der Waals surface area (Å²) in [7, 11) is -2.21. The predicted octanol–water partition coefficient (Wildman–Crippen LogP) is 9.00. The van der Waals surface area contributed by atoms with Gasteiger partial charge in [-0.05, 0) is 121 Å².